The maximum absolute atomic E-state index is 10.3. The standard InChI is InChI=1S/C6H8O4/c1-2-3-8-5-4-9-6(7)10-5/h2,5H,1,3-4H2/t5-/m1/s1. The molecule has 1 aliphatic heterocycles. The van der Waals surface area contributed by atoms with Gasteiger partial charge in [0.15, 0.2) is 6.61 Å². The minimum Gasteiger partial charge on any atom is -0.428 e. The number of carbonyl (C=O) groups excluding carboxylic acids is 1. The summed E-state index contributed by atoms with van der Waals surface area (Å²) in [6.07, 6.45) is 0.353. The normalized spacial score (nSPS) is 23.6. The Balaban J connectivity index is 2.18. The first kappa shape index (κ1) is 7.08. The summed E-state index contributed by atoms with van der Waals surface area (Å²) in [4.78, 5) is 10.3. The van der Waals surface area contributed by atoms with Gasteiger partial charge in [0.25, 0.3) is 0 Å². The SMILES string of the molecule is C=CCO[C@H]1COC(=O)O1. The van der Waals surface area contributed by atoms with Crippen LogP contribution in [0, 0.1) is 0 Å². The summed E-state index contributed by atoms with van der Waals surface area (Å²) < 4.78 is 13.9. The summed E-state index contributed by atoms with van der Waals surface area (Å²) in [5, 5.41) is 0. The molecule has 0 aromatic heterocycles. The van der Waals surface area contributed by atoms with Gasteiger partial charge in [-0.3, -0.25) is 0 Å². The van der Waals surface area contributed by atoms with Gasteiger partial charge in [-0.15, -0.1) is 6.58 Å². The molecule has 10 heavy (non-hydrogen) atoms. The summed E-state index contributed by atoms with van der Waals surface area (Å²) in [7, 11) is 0. The fraction of sp³-hybridized carbons (Fsp3) is 0.500. The van der Waals surface area contributed by atoms with E-state index in [0.717, 1.165) is 0 Å². The molecule has 1 aliphatic rings. The molecule has 4 nitrogen and oxygen atoms in total. The summed E-state index contributed by atoms with van der Waals surface area (Å²) in [5.41, 5.74) is 0. The van der Waals surface area contributed by atoms with Gasteiger partial charge in [0.1, 0.15) is 0 Å². The first-order chi connectivity index (χ1) is 4.83. The van der Waals surface area contributed by atoms with Crippen LogP contribution in [-0.4, -0.2) is 25.7 Å². The molecule has 1 saturated heterocycles. The number of hydrogen-bond donors (Lipinski definition) is 0. The van der Waals surface area contributed by atoms with Gasteiger partial charge >= 0.3 is 6.16 Å². The Morgan fingerprint density at radius 1 is 1.90 bits per heavy atom. The van der Waals surface area contributed by atoms with Crippen molar-refractivity contribution in [1.82, 2.24) is 0 Å². The van der Waals surface area contributed by atoms with Crippen molar-refractivity contribution in [3.8, 4) is 0 Å². The number of hydrogen-bond acceptors (Lipinski definition) is 4. The second kappa shape index (κ2) is 3.22. The molecule has 0 saturated carbocycles. The van der Waals surface area contributed by atoms with Crippen LogP contribution in [0.2, 0.25) is 0 Å². The van der Waals surface area contributed by atoms with Gasteiger partial charge < -0.3 is 14.2 Å². The number of ether oxygens (including phenoxy) is 3. The van der Waals surface area contributed by atoms with Crippen LogP contribution in [0.1, 0.15) is 0 Å². The van der Waals surface area contributed by atoms with Crippen molar-refractivity contribution in [2.75, 3.05) is 13.2 Å². The van der Waals surface area contributed by atoms with Gasteiger partial charge in [0.05, 0.1) is 6.61 Å². The zero-order valence-corrected chi connectivity index (χ0v) is 5.41. The van der Waals surface area contributed by atoms with E-state index in [-0.39, 0.29) is 6.61 Å². The number of carbonyl (C=O) groups is 1. The van der Waals surface area contributed by atoms with Gasteiger partial charge in [0, 0.05) is 0 Å². The molecule has 0 aliphatic carbocycles. The molecule has 1 rings (SSSR count). The highest BCUT2D eigenvalue weighted by atomic mass is 16.8. The van der Waals surface area contributed by atoms with Crippen molar-refractivity contribution >= 4 is 6.16 Å². The van der Waals surface area contributed by atoms with Crippen molar-refractivity contribution in [3.05, 3.63) is 12.7 Å². The number of rotatable bonds is 3. The molecule has 4 heteroatoms. The lowest BCUT2D eigenvalue weighted by Gasteiger charge is -2.03. The van der Waals surface area contributed by atoms with Gasteiger partial charge in [-0.25, -0.2) is 4.79 Å². The molecule has 1 fully saturated rings. The zero-order valence-electron chi connectivity index (χ0n) is 5.41. The third kappa shape index (κ3) is 1.73. The molecule has 0 amide bonds. The fourth-order valence-electron chi connectivity index (χ4n) is 0.569. The summed E-state index contributed by atoms with van der Waals surface area (Å²) >= 11 is 0. The monoisotopic (exact) mass is 144 g/mol. The van der Waals surface area contributed by atoms with E-state index in [1.807, 2.05) is 0 Å². The Kier molecular flexibility index (Phi) is 2.28. The maximum atomic E-state index is 10.3. The van der Waals surface area contributed by atoms with Gasteiger partial charge in [-0.1, -0.05) is 6.08 Å². The van der Waals surface area contributed by atoms with Crippen LogP contribution in [0.15, 0.2) is 12.7 Å². The third-order valence-electron chi connectivity index (χ3n) is 0.965. The van der Waals surface area contributed by atoms with Gasteiger partial charge in [-0.05, 0) is 0 Å². The number of cyclic esters (lactones) is 2. The highest BCUT2D eigenvalue weighted by Gasteiger charge is 2.24. The lowest BCUT2D eigenvalue weighted by Crippen LogP contribution is -2.14. The fourth-order valence-corrected chi connectivity index (χ4v) is 0.569. The van der Waals surface area contributed by atoms with Gasteiger partial charge in [-0.2, -0.15) is 0 Å². The van der Waals surface area contributed by atoms with Crippen LogP contribution in [0.4, 0.5) is 4.79 Å². The van der Waals surface area contributed by atoms with E-state index in [0.29, 0.717) is 6.61 Å². The van der Waals surface area contributed by atoms with Crippen molar-refractivity contribution in [1.29, 1.82) is 0 Å². The van der Waals surface area contributed by atoms with E-state index in [1.165, 1.54) is 0 Å². The second-order valence-electron chi connectivity index (χ2n) is 1.73. The predicted molar refractivity (Wildman–Crippen MR) is 32.4 cm³/mol. The smallest absolute Gasteiger partial charge is 0.428 e. The average molecular weight is 144 g/mol. The van der Waals surface area contributed by atoms with Crippen molar-refractivity contribution < 1.29 is 19.0 Å². The molecule has 0 spiro atoms. The first-order valence-corrected chi connectivity index (χ1v) is 2.89. The molecule has 56 valence electrons. The lowest BCUT2D eigenvalue weighted by molar-refractivity contribution is -0.0660. The molecule has 1 atom stereocenters. The van der Waals surface area contributed by atoms with Crippen molar-refractivity contribution in [2.24, 2.45) is 0 Å². The Hall–Kier alpha value is -1.03. The molecule has 0 radical (unpaired) electrons. The van der Waals surface area contributed by atoms with Crippen molar-refractivity contribution in [2.45, 2.75) is 6.29 Å². The maximum Gasteiger partial charge on any atom is 0.510 e. The Labute approximate surface area is 58.4 Å². The molecular formula is C6H8O4. The molecule has 0 aromatic rings. The predicted octanol–water partition coefficient (Wildman–Crippen LogP) is 0.682. The Morgan fingerprint density at radius 2 is 2.70 bits per heavy atom. The van der Waals surface area contributed by atoms with Crippen LogP contribution < -0.4 is 0 Å². The average Bonchev–Trinajstić information content (AvgIpc) is 2.31. The van der Waals surface area contributed by atoms with E-state index in [4.69, 9.17) is 4.74 Å². The van der Waals surface area contributed by atoms with E-state index >= 15 is 0 Å². The van der Waals surface area contributed by atoms with Gasteiger partial charge in [0.2, 0.25) is 6.29 Å². The minimum absolute atomic E-state index is 0.173. The Morgan fingerprint density at radius 3 is 3.20 bits per heavy atom. The topological polar surface area (TPSA) is 44.8 Å². The molecular weight excluding hydrogens is 136 g/mol. The first-order valence-electron chi connectivity index (χ1n) is 2.89. The summed E-state index contributed by atoms with van der Waals surface area (Å²) in [5.74, 6) is 0. The van der Waals surface area contributed by atoms with Crippen molar-refractivity contribution in [3.63, 3.8) is 0 Å². The summed E-state index contributed by atoms with van der Waals surface area (Å²) in [6.45, 7) is 3.97. The molecule has 0 bridgehead atoms. The lowest BCUT2D eigenvalue weighted by atomic mass is 10.6. The zero-order chi connectivity index (χ0) is 7.40. The molecule has 0 N–H and O–H groups in total. The quantitative estimate of drug-likeness (QED) is 0.431. The van der Waals surface area contributed by atoms with E-state index < -0.39 is 12.4 Å². The van der Waals surface area contributed by atoms with Crippen LogP contribution >= 0.6 is 0 Å². The highest BCUT2D eigenvalue weighted by molar-refractivity contribution is 5.61. The van der Waals surface area contributed by atoms with E-state index in [2.05, 4.69) is 16.1 Å². The van der Waals surface area contributed by atoms with Crippen LogP contribution in [0.3, 0.4) is 0 Å². The molecule has 0 unspecified atom stereocenters. The van der Waals surface area contributed by atoms with E-state index in [9.17, 15) is 4.79 Å². The minimum atomic E-state index is -0.672. The van der Waals surface area contributed by atoms with Crippen LogP contribution in [-0.2, 0) is 14.2 Å². The second-order valence-corrected chi connectivity index (χ2v) is 1.73. The molecule has 0 aromatic carbocycles. The van der Waals surface area contributed by atoms with Crippen LogP contribution in [0.5, 0.6) is 0 Å². The highest BCUT2D eigenvalue weighted by Crippen LogP contribution is 2.06. The van der Waals surface area contributed by atoms with Crippen LogP contribution in [0.25, 0.3) is 0 Å². The molecule has 1 heterocycles. The Bertz CT molecular complexity index is 143. The largest absolute Gasteiger partial charge is 0.510 e. The summed E-state index contributed by atoms with van der Waals surface area (Å²) in [6, 6.07) is 0. The third-order valence-corrected chi connectivity index (χ3v) is 0.965. The van der Waals surface area contributed by atoms with E-state index in [1.54, 1.807) is 6.08 Å².